The Bertz CT molecular complexity index is 1060. The molecule has 2 aliphatic rings. The molecule has 1 amide bonds. The Labute approximate surface area is 172 Å². The van der Waals surface area contributed by atoms with Gasteiger partial charge in [-0.1, -0.05) is 6.07 Å². The molecule has 11 heteroatoms. The molecule has 2 aliphatic heterocycles. The Morgan fingerprint density at radius 2 is 1.94 bits per heavy atom. The number of halogens is 5. The summed E-state index contributed by atoms with van der Waals surface area (Å²) in [6, 6.07) is 4.67. The number of likely N-dealkylation sites (tertiary alicyclic amines) is 1. The van der Waals surface area contributed by atoms with E-state index in [0.29, 0.717) is 5.56 Å². The van der Waals surface area contributed by atoms with Crippen LogP contribution in [0.1, 0.15) is 22.6 Å². The van der Waals surface area contributed by atoms with Gasteiger partial charge >= 0.3 is 12.5 Å². The number of fused-ring (bicyclic) bond motifs is 1. The van der Waals surface area contributed by atoms with Crippen LogP contribution in [0.5, 0.6) is 11.5 Å². The standard InChI is InChI=1S/C20H15F5N2O4/c1-27-9-12(10-2-3-15-16(7-10)31-20(24,25)30-15)17(18(27)29)14(28)6-11-8-26-5-4-13(11)19(21,22)23/h2-5,7-8,12,17H,6,9H2,1H3/t12-,17+/m1/s1. The van der Waals surface area contributed by atoms with Gasteiger partial charge in [0.2, 0.25) is 5.91 Å². The van der Waals surface area contributed by atoms with E-state index in [1.54, 1.807) is 0 Å². The van der Waals surface area contributed by atoms with Crippen LogP contribution in [-0.2, 0) is 22.2 Å². The highest BCUT2D eigenvalue weighted by molar-refractivity contribution is 6.04. The molecule has 6 nitrogen and oxygen atoms in total. The van der Waals surface area contributed by atoms with Crippen LogP contribution in [-0.4, -0.2) is 41.5 Å². The molecule has 0 radical (unpaired) electrons. The number of nitrogens with zero attached hydrogens (tertiary/aromatic N) is 2. The molecule has 0 aliphatic carbocycles. The van der Waals surface area contributed by atoms with Gasteiger partial charge in [0.05, 0.1) is 5.56 Å². The molecule has 2 aromatic rings. The number of benzene rings is 1. The van der Waals surface area contributed by atoms with Gasteiger partial charge in [0.25, 0.3) is 0 Å². The van der Waals surface area contributed by atoms with E-state index in [9.17, 15) is 31.5 Å². The second-order valence-electron chi connectivity index (χ2n) is 7.35. The summed E-state index contributed by atoms with van der Waals surface area (Å²) < 4.78 is 75.1. The maximum Gasteiger partial charge on any atom is 0.586 e. The Hall–Kier alpha value is -3.24. The highest BCUT2D eigenvalue weighted by atomic mass is 19.4. The van der Waals surface area contributed by atoms with E-state index >= 15 is 0 Å². The molecule has 1 aromatic heterocycles. The molecule has 31 heavy (non-hydrogen) atoms. The average Bonchev–Trinajstić information content (AvgIpc) is 3.15. The number of pyridine rings is 1. The van der Waals surface area contributed by atoms with E-state index in [1.807, 2.05) is 0 Å². The number of hydrogen-bond donors (Lipinski definition) is 0. The third-order valence-corrected chi connectivity index (χ3v) is 5.29. The SMILES string of the molecule is CN1C[C@H](c2ccc3c(c2)OC(F)(F)O3)[C@@H](C(=O)Cc2cnccc2C(F)(F)F)C1=O. The first kappa shape index (κ1) is 21.0. The first-order valence-corrected chi connectivity index (χ1v) is 9.14. The van der Waals surface area contributed by atoms with Crippen LogP contribution in [0, 0.1) is 5.92 Å². The van der Waals surface area contributed by atoms with Crippen LogP contribution in [0.25, 0.3) is 0 Å². The molecule has 2 atom stereocenters. The second kappa shape index (κ2) is 7.17. The van der Waals surface area contributed by atoms with Crippen LogP contribution in [0.2, 0.25) is 0 Å². The summed E-state index contributed by atoms with van der Waals surface area (Å²) in [5.74, 6) is -3.75. The van der Waals surface area contributed by atoms with E-state index in [1.165, 1.54) is 30.1 Å². The minimum Gasteiger partial charge on any atom is -0.395 e. The largest absolute Gasteiger partial charge is 0.586 e. The predicted octanol–water partition coefficient (Wildman–Crippen LogP) is 3.41. The smallest absolute Gasteiger partial charge is 0.395 e. The normalized spacial score (nSPS) is 22.1. The van der Waals surface area contributed by atoms with Gasteiger partial charge in [0.15, 0.2) is 11.5 Å². The number of Topliss-reactive ketones (excluding diaryl/α,β-unsaturated/α-hetero) is 1. The van der Waals surface area contributed by atoms with Gasteiger partial charge in [-0.05, 0) is 29.3 Å². The van der Waals surface area contributed by atoms with Crippen LogP contribution in [0.3, 0.4) is 0 Å². The summed E-state index contributed by atoms with van der Waals surface area (Å²) in [5.41, 5.74) is -0.985. The maximum atomic E-state index is 13.3. The summed E-state index contributed by atoms with van der Waals surface area (Å²) in [4.78, 5) is 30.5. The number of aromatic nitrogens is 1. The van der Waals surface area contributed by atoms with Gasteiger partial charge in [-0.2, -0.15) is 13.2 Å². The number of amides is 1. The number of ether oxygens (including phenoxy) is 2. The molecule has 4 rings (SSSR count). The summed E-state index contributed by atoms with van der Waals surface area (Å²) in [7, 11) is 1.45. The first-order chi connectivity index (χ1) is 14.5. The third kappa shape index (κ3) is 3.91. The number of rotatable bonds is 4. The lowest BCUT2D eigenvalue weighted by molar-refractivity contribution is -0.286. The van der Waals surface area contributed by atoms with Crippen molar-refractivity contribution in [3.8, 4) is 11.5 Å². The Morgan fingerprint density at radius 3 is 2.65 bits per heavy atom. The molecule has 0 bridgehead atoms. The van der Waals surface area contributed by atoms with Gasteiger partial charge in [-0.15, -0.1) is 8.78 Å². The van der Waals surface area contributed by atoms with Crippen molar-refractivity contribution >= 4 is 11.7 Å². The van der Waals surface area contributed by atoms with E-state index in [4.69, 9.17) is 0 Å². The van der Waals surface area contributed by atoms with Crippen molar-refractivity contribution in [1.82, 2.24) is 9.88 Å². The number of hydrogen-bond acceptors (Lipinski definition) is 5. The van der Waals surface area contributed by atoms with E-state index in [2.05, 4.69) is 14.5 Å². The fourth-order valence-corrected chi connectivity index (χ4v) is 3.90. The van der Waals surface area contributed by atoms with Gasteiger partial charge in [0, 0.05) is 38.3 Å². The fourth-order valence-electron chi connectivity index (χ4n) is 3.90. The third-order valence-electron chi connectivity index (χ3n) is 5.29. The lowest BCUT2D eigenvalue weighted by Gasteiger charge is -2.18. The zero-order valence-electron chi connectivity index (χ0n) is 16.0. The highest BCUT2D eigenvalue weighted by Gasteiger charge is 2.47. The second-order valence-corrected chi connectivity index (χ2v) is 7.35. The maximum absolute atomic E-state index is 13.3. The molecule has 164 valence electrons. The summed E-state index contributed by atoms with van der Waals surface area (Å²) in [6.45, 7) is 0.0877. The molecule has 1 fully saturated rings. The van der Waals surface area contributed by atoms with Crippen molar-refractivity contribution in [2.45, 2.75) is 24.8 Å². The van der Waals surface area contributed by atoms with Gasteiger partial charge in [-0.3, -0.25) is 14.6 Å². The average molecular weight is 442 g/mol. The predicted molar refractivity (Wildman–Crippen MR) is 94.5 cm³/mol. The van der Waals surface area contributed by atoms with Crippen LogP contribution < -0.4 is 9.47 Å². The van der Waals surface area contributed by atoms with Crippen molar-refractivity contribution in [2.24, 2.45) is 5.92 Å². The molecule has 1 aromatic carbocycles. The summed E-state index contributed by atoms with van der Waals surface area (Å²) >= 11 is 0. The zero-order valence-corrected chi connectivity index (χ0v) is 16.0. The lowest BCUT2D eigenvalue weighted by Crippen LogP contribution is -2.30. The monoisotopic (exact) mass is 442 g/mol. The number of carbonyl (C=O) groups is 2. The van der Waals surface area contributed by atoms with Crippen molar-refractivity contribution in [3.05, 3.63) is 53.3 Å². The van der Waals surface area contributed by atoms with Crippen LogP contribution in [0.15, 0.2) is 36.7 Å². The van der Waals surface area contributed by atoms with Crippen molar-refractivity contribution in [2.75, 3.05) is 13.6 Å². The molecule has 0 spiro atoms. The van der Waals surface area contributed by atoms with Crippen LogP contribution in [0.4, 0.5) is 22.0 Å². The fraction of sp³-hybridized carbons (Fsp3) is 0.350. The molecule has 0 saturated carbocycles. The first-order valence-electron chi connectivity index (χ1n) is 9.14. The Morgan fingerprint density at radius 1 is 1.23 bits per heavy atom. The van der Waals surface area contributed by atoms with Gasteiger partial charge < -0.3 is 14.4 Å². The zero-order chi connectivity index (χ0) is 22.6. The number of likely N-dealkylation sites (N-methyl/N-ethyl adjacent to an activating group) is 1. The molecular weight excluding hydrogens is 427 g/mol. The number of carbonyl (C=O) groups excluding carboxylic acids is 2. The van der Waals surface area contributed by atoms with E-state index in [-0.39, 0.29) is 23.6 Å². The van der Waals surface area contributed by atoms with Crippen LogP contribution >= 0.6 is 0 Å². The van der Waals surface area contributed by atoms with Crippen molar-refractivity contribution < 1.29 is 41.0 Å². The van der Waals surface area contributed by atoms with Gasteiger partial charge in [-0.25, -0.2) is 0 Å². The highest BCUT2D eigenvalue weighted by Crippen LogP contribution is 2.44. The van der Waals surface area contributed by atoms with E-state index in [0.717, 1.165) is 18.5 Å². The van der Waals surface area contributed by atoms with Gasteiger partial charge in [0.1, 0.15) is 11.7 Å². The van der Waals surface area contributed by atoms with Crippen molar-refractivity contribution in [1.29, 1.82) is 0 Å². The quantitative estimate of drug-likeness (QED) is 0.536. The Balaban J connectivity index is 1.63. The summed E-state index contributed by atoms with van der Waals surface area (Å²) in [5, 5.41) is 0. The van der Waals surface area contributed by atoms with Crippen molar-refractivity contribution in [3.63, 3.8) is 0 Å². The number of ketones is 1. The minimum atomic E-state index is -4.68. The topological polar surface area (TPSA) is 68.7 Å². The molecule has 0 unspecified atom stereocenters. The molecule has 3 heterocycles. The molecular formula is C20H15F5N2O4. The minimum absolute atomic E-state index is 0.0877. The van der Waals surface area contributed by atoms with E-state index < -0.39 is 48.0 Å². The lowest BCUT2D eigenvalue weighted by atomic mass is 9.83. The molecule has 1 saturated heterocycles. The Kier molecular flexibility index (Phi) is 4.86. The molecule has 0 N–H and O–H groups in total. The summed E-state index contributed by atoms with van der Waals surface area (Å²) in [6.07, 6.45) is -7.24. The number of alkyl halides is 5.